The average molecular weight is 397 g/mol. The van der Waals surface area contributed by atoms with E-state index < -0.39 is 5.63 Å². The summed E-state index contributed by atoms with van der Waals surface area (Å²) in [6.45, 7) is 4.07. The van der Waals surface area contributed by atoms with E-state index in [1.165, 1.54) is 44.6 Å². The number of carbonyl (C=O) groups excluding carboxylic acids is 1. The molecule has 1 atom stereocenters. The van der Waals surface area contributed by atoms with Crippen LogP contribution in [0.3, 0.4) is 0 Å². The Morgan fingerprint density at radius 1 is 1.10 bits per heavy atom. The normalized spacial score (nSPS) is 21.8. The number of benzene rings is 1. The molecule has 0 spiro atoms. The van der Waals surface area contributed by atoms with E-state index in [2.05, 4.69) is 10.2 Å². The number of hydrogen-bond donors (Lipinski definition) is 1. The molecule has 1 aliphatic heterocycles. The fourth-order valence-electron chi connectivity index (χ4n) is 5.01. The lowest BCUT2D eigenvalue weighted by molar-refractivity contribution is -0.121. The molecule has 1 aliphatic carbocycles. The van der Waals surface area contributed by atoms with Gasteiger partial charge in [0.25, 0.3) is 0 Å². The van der Waals surface area contributed by atoms with Gasteiger partial charge in [-0.25, -0.2) is 4.79 Å². The van der Waals surface area contributed by atoms with E-state index in [9.17, 15) is 9.59 Å². The summed E-state index contributed by atoms with van der Waals surface area (Å²) in [7, 11) is 0. The van der Waals surface area contributed by atoms with Gasteiger partial charge in [0, 0.05) is 30.1 Å². The summed E-state index contributed by atoms with van der Waals surface area (Å²) in [5, 5.41) is 4.08. The third kappa shape index (κ3) is 5.08. The highest BCUT2D eigenvalue weighted by Crippen LogP contribution is 2.25. The summed E-state index contributed by atoms with van der Waals surface area (Å²) in [5.41, 5.74) is 1.92. The Balaban J connectivity index is 1.40. The molecule has 1 amide bonds. The Morgan fingerprint density at radius 3 is 2.69 bits per heavy atom. The first-order valence-corrected chi connectivity index (χ1v) is 11.2. The number of rotatable bonds is 4. The minimum absolute atomic E-state index is 0.00908. The highest BCUT2D eigenvalue weighted by atomic mass is 16.4. The van der Waals surface area contributed by atoms with E-state index in [-0.39, 0.29) is 18.4 Å². The summed E-state index contributed by atoms with van der Waals surface area (Å²) in [6.07, 6.45) is 10.4. The molecule has 1 aromatic heterocycles. The maximum Gasteiger partial charge on any atom is 0.336 e. The molecule has 4 rings (SSSR count). The molecule has 29 heavy (non-hydrogen) atoms. The van der Waals surface area contributed by atoms with Crippen LogP contribution in [-0.4, -0.2) is 36.0 Å². The maximum absolute atomic E-state index is 12.8. The number of nitrogens with one attached hydrogen (secondary N) is 1. The lowest BCUT2D eigenvalue weighted by Gasteiger charge is -2.38. The van der Waals surface area contributed by atoms with Gasteiger partial charge in [0.2, 0.25) is 5.91 Å². The lowest BCUT2D eigenvalue weighted by atomic mass is 9.99. The van der Waals surface area contributed by atoms with Crippen LogP contribution in [0.2, 0.25) is 0 Å². The standard InChI is InChI=1S/C24H32N2O3/c1-17-10-11-21-18(15-24(28)29-22(21)13-17)14-23(27)25-19-7-6-12-26(16-19)20-8-4-2-3-5-9-20/h10-11,13,15,19-20H,2-9,12,14,16H2,1H3,(H,25,27)/t19-/m0/s1. The molecule has 0 unspecified atom stereocenters. The predicted octanol–water partition coefficient (Wildman–Crippen LogP) is 3.95. The van der Waals surface area contributed by atoms with Crippen LogP contribution in [0.25, 0.3) is 11.0 Å². The number of piperidine rings is 1. The van der Waals surface area contributed by atoms with Gasteiger partial charge in [0.1, 0.15) is 5.58 Å². The first kappa shape index (κ1) is 20.1. The van der Waals surface area contributed by atoms with E-state index in [4.69, 9.17) is 4.42 Å². The van der Waals surface area contributed by atoms with Crippen LogP contribution in [0.1, 0.15) is 62.5 Å². The zero-order valence-electron chi connectivity index (χ0n) is 17.4. The van der Waals surface area contributed by atoms with E-state index >= 15 is 0 Å². The van der Waals surface area contributed by atoms with Gasteiger partial charge in [0.05, 0.1) is 6.42 Å². The summed E-state index contributed by atoms with van der Waals surface area (Å²) in [6, 6.07) is 8.11. The molecule has 2 aromatic rings. The van der Waals surface area contributed by atoms with E-state index in [1.807, 2.05) is 25.1 Å². The molecule has 1 saturated heterocycles. The smallest absolute Gasteiger partial charge is 0.336 e. The van der Waals surface area contributed by atoms with E-state index in [0.29, 0.717) is 11.6 Å². The van der Waals surface area contributed by atoms with E-state index in [0.717, 1.165) is 42.4 Å². The maximum atomic E-state index is 12.8. The Hall–Kier alpha value is -2.14. The van der Waals surface area contributed by atoms with Crippen molar-refractivity contribution in [3.8, 4) is 0 Å². The second-order valence-corrected chi connectivity index (χ2v) is 8.81. The number of carbonyl (C=O) groups is 1. The van der Waals surface area contributed by atoms with Crippen LogP contribution >= 0.6 is 0 Å². The van der Waals surface area contributed by atoms with Crippen molar-refractivity contribution in [2.24, 2.45) is 0 Å². The summed E-state index contributed by atoms with van der Waals surface area (Å²) >= 11 is 0. The van der Waals surface area contributed by atoms with Gasteiger partial charge in [-0.1, -0.05) is 37.8 Å². The van der Waals surface area contributed by atoms with Crippen molar-refractivity contribution in [2.75, 3.05) is 13.1 Å². The third-order valence-electron chi connectivity index (χ3n) is 6.50. The highest BCUT2D eigenvalue weighted by molar-refractivity contribution is 5.87. The fraction of sp³-hybridized carbons (Fsp3) is 0.583. The Morgan fingerprint density at radius 2 is 1.90 bits per heavy atom. The van der Waals surface area contributed by atoms with Crippen molar-refractivity contribution in [1.82, 2.24) is 10.2 Å². The third-order valence-corrected chi connectivity index (χ3v) is 6.50. The van der Waals surface area contributed by atoms with Crippen LogP contribution < -0.4 is 10.9 Å². The summed E-state index contributed by atoms with van der Waals surface area (Å²) in [4.78, 5) is 27.3. The predicted molar refractivity (Wildman–Crippen MR) is 115 cm³/mol. The first-order chi connectivity index (χ1) is 14.1. The number of likely N-dealkylation sites (tertiary alicyclic amines) is 1. The van der Waals surface area contributed by atoms with Gasteiger partial charge in [-0.3, -0.25) is 9.69 Å². The van der Waals surface area contributed by atoms with Gasteiger partial charge >= 0.3 is 5.63 Å². The van der Waals surface area contributed by atoms with Crippen LogP contribution in [0.4, 0.5) is 0 Å². The first-order valence-electron chi connectivity index (χ1n) is 11.2. The molecule has 0 bridgehead atoms. The van der Waals surface area contributed by atoms with Crippen molar-refractivity contribution in [3.05, 3.63) is 45.8 Å². The van der Waals surface area contributed by atoms with Crippen LogP contribution in [0.5, 0.6) is 0 Å². The second-order valence-electron chi connectivity index (χ2n) is 8.81. The minimum Gasteiger partial charge on any atom is -0.423 e. The molecular weight excluding hydrogens is 364 g/mol. The number of nitrogens with zero attached hydrogens (tertiary/aromatic N) is 1. The topological polar surface area (TPSA) is 62.6 Å². The molecular formula is C24H32N2O3. The zero-order chi connectivity index (χ0) is 20.2. The summed E-state index contributed by atoms with van der Waals surface area (Å²) in [5.74, 6) is -0.00908. The minimum atomic E-state index is -0.400. The molecule has 1 aromatic carbocycles. The largest absolute Gasteiger partial charge is 0.423 e. The van der Waals surface area contributed by atoms with Crippen molar-refractivity contribution >= 4 is 16.9 Å². The second kappa shape index (κ2) is 9.12. The van der Waals surface area contributed by atoms with E-state index in [1.54, 1.807) is 0 Å². The van der Waals surface area contributed by atoms with Gasteiger partial charge in [-0.15, -0.1) is 0 Å². The average Bonchev–Trinajstić information content (AvgIpc) is 2.97. The Kier molecular flexibility index (Phi) is 6.34. The molecule has 1 saturated carbocycles. The molecule has 5 heteroatoms. The summed E-state index contributed by atoms with van der Waals surface area (Å²) < 4.78 is 5.31. The van der Waals surface area contributed by atoms with Crippen molar-refractivity contribution in [3.63, 3.8) is 0 Å². The molecule has 2 aliphatic rings. The molecule has 156 valence electrons. The van der Waals surface area contributed by atoms with Crippen LogP contribution in [0, 0.1) is 6.92 Å². The molecule has 5 nitrogen and oxygen atoms in total. The quantitative estimate of drug-likeness (QED) is 0.628. The van der Waals surface area contributed by atoms with Crippen molar-refractivity contribution in [1.29, 1.82) is 0 Å². The molecule has 2 heterocycles. The lowest BCUT2D eigenvalue weighted by Crippen LogP contribution is -2.51. The van der Waals surface area contributed by atoms with Crippen molar-refractivity contribution in [2.45, 2.75) is 76.8 Å². The highest BCUT2D eigenvalue weighted by Gasteiger charge is 2.27. The zero-order valence-corrected chi connectivity index (χ0v) is 17.4. The number of hydrogen-bond acceptors (Lipinski definition) is 4. The van der Waals surface area contributed by atoms with Gasteiger partial charge in [-0.05, 0) is 56.3 Å². The van der Waals surface area contributed by atoms with Crippen LogP contribution in [0.15, 0.2) is 33.5 Å². The SMILES string of the molecule is Cc1ccc2c(CC(=O)N[C@H]3CCCN(C4CCCCCC4)C3)cc(=O)oc2c1. The molecule has 2 fully saturated rings. The fourth-order valence-corrected chi connectivity index (χ4v) is 5.01. The Labute approximate surface area is 172 Å². The van der Waals surface area contributed by atoms with Gasteiger partial charge < -0.3 is 9.73 Å². The van der Waals surface area contributed by atoms with Crippen molar-refractivity contribution < 1.29 is 9.21 Å². The van der Waals surface area contributed by atoms with Gasteiger partial charge in [-0.2, -0.15) is 0 Å². The monoisotopic (exact) mass is 396 g/mol. The number of amides is 1. The molecule has 1 N–H and O–H groups in total. The number of fused-ring (bicyclic) bond motifs is 1. The number of aryl methyl sites for hydroxylation is 1. The molecule has 0 radical (unpaired) electrons. The van der Waals surface area contributed by atoms with Gasteiger partial charge in [0.15, 0.2) is 0 Å². The van der Waals surface area contributed by atoms with Crippen LogP contribution in [-0.2, 0) is 11.2 Å². The Bertz CT molecular complexity index is 912.